The number of hydrogen-bond acceptors (Lipinski definition) is 5. The summed E-state index contributed by atoms with van der Waals surface area (Å²) in [6.45, 7) is 1.92. The summed E-state index contributed by atoms with van der Waals surface area (Å²) in [7, 11) is 0. The molecule has 3 aliphatic rings. The standard InChI is InChI=1S/C26H29ClN4O4/c27-22-8-2-1-5-18(22)15-23(32)30-12-9-19(10-13-30)26(20-6-3-11-28-16-20)24(33)31(25(34)29-26)17-21-7-4-14-35-21/h1-3,5-6,8,11,16,19,21H,4,7,9-10,12-15,17H2,(H,29,34)/t21-,26+/m0/s1. The number of aromatic nitrogens is 1. The minimum Gasteiger partial charge on any atom is -0.376 e. The third kappa shape index (κ3) is 4.52. The summed E-state index contributed by atoms with van der Waals surface area (Å²) >= 11 is 6.24. The third-order valence-corrected chi connectivity index (χ3v) is 7.79. The number of imide groups is 1. The zero-order valence-corrected chi connectivity index (χ0v) is 20.2. The highest BCUT2D eigenvalue weighted by molar-refractivity contribution is 6.31. The number of nitrogens with one attached hydrogen (secondary N) is 1. The van der Waals surface area contributed by atoms with Crippen LogP contribution in [0.15, 0.2) is 48.8 Å². The number of carbonyl (C=O) groups is 3. The second-order valence-corrected chi connectivity index (χ2v) is 9.86. The van der Waals surface area contributed by atoms with Gasteiger partial charge in [-0.25, -0.2) is 4.79 Å². The maximum Gasteiger partial charge on any atom is 0.325 e. The SMILES string of the molecule is O=C(Cc1ccccc1Cl)N1CCC([C@]2(c3cccnc3)NC(=O)N(C[C@@H]3CCCO3)C2=O)CC1. The number of urea groups is 1. The molecule has 0 saturated carbocycles. The molecule has 9 heteroatoms. The summed E-state index contributed by atoms with van der Waals surface area (Å²) in [4.78, 5) is 47.3. The number of halogens is 1. The van der Waals surface area contributed by atoms with Gasteiger partial charge in [0.25, 0.3) is 5.91 Å². The van der Waals surface area contributed by atoms with E-state index in [0.717, 1.165) is 18.4 Å². The van der Waals surface area contributed by atoms with Gasteiger partial charge in [-0.2, -0.15) is 0 Å². The summed E-state index contributed by atoms with van der Waals surface area (Å²) in [6, 6.07) is 10.6. The second-order valence-electron chi connectivity index (χ2n) is 9.45. The zero-order valence-electron chi connectivity index (χ0n) is 19.5. The van der Waals surface area contributed by atoms with E-state index >= 15 is 0 Å². The lowest BCUT2D eigenvalue weighted by Crippen LogP contribution is -2.54. The fraction of sp³-hybridized carbons (Fsp3) is 0.462. The van der Waals surface area contributed by atoms with E-state index in [2.05, 4.69) is 10.3 Å². The highest BCUT2D eigenvalue weighted by atomic mass is 35.5. The molecule has 1 N–H and O–H groups in total. The van der Waals surface area contributed by atoms with Crippen molar-refractivity contribution in [2.24, 2.45) is 5.92 Å². The maximum absolute atomic E-state index is 13.9. The number of benzene rings is 1. The Morgan fingerprint density at radius 2 is 1.94 bits per heavy atom. The molecule has 1 aromatic carbocycles. The topological polar surface area (TPSA) is 91.8 Å². The lowest BCUT2D eigenvalue weighted by Gasteiger charge is -2.41. The van der Waals surface area contributed by atoms with Crippen molar-refractivity contribution in [1.82, 2.24) is 20.1 Å². The fourth-order valence-corrected chi connectivity index (χ4v) is 5.74. The first-order chi connectivity index (χ1) is 17.0. The van der Waals surface area contributed by atoms with Crippen LogP contribution in [0.1, 0.15) is 36.8 Å². The van der Waals surface area contributed by atoms with Gasteiger partial charge in [0.15, 0.2) is 5.54 Å². The normalized spacial score (nSPS) is 25.2. The molecular formula is C26H29ClN4O4. The summed E-state index contributed by atoms with van der Waals surface area (Å²) < 4.78 is 5.69. The molecule has 4 heterocycles. The van der Waals surface area contributed by atoms with Crippen molar-refractivity contribution in [3.05, 3.63) is 64.9 Å². The van der Waals surface area contributed by atoms with Crippen LogP contribution in [0.4, 0.5) is 4.79 Å². The summed E-state index contributed by atoms with van der Waals surface area (Å²) in [6.07, 6.45) is 6.36. The number of nitrogens with zero attached hydrogens (tertiary/aromatic N) is 3. The van der Waals surface area contributed by atoms with Crippen LogP contribution in [0.25, 0.3) is 0 Å². The maximum atomic E-state index is 13.9. The molecule has 5 rings (SSSR count). The number of ether oxygens (including phenoxy) is 1. The van der Waals surface area contributed by atoms with Crippen molar-refractivity contribution in [2.75, 3.05) is 26.2 Å². The van der Waals surface area contributed by atoms with Gasteiger partial charge in [0.2, 0.25) is 5.91 Å². The molecule has 3 fully saturated rings. The molecule has 8 nitrogen and oxygen atoms in total. The van der Waals surface area contributed by atoms with Crippen molar-refractivity contribution >= 4 is 29.4 Å². The Bertz CT molecular complexity index is 1100. The van der Waals surface area contributed by atoms with Crippen molar-refractivity contribution in [3.8, 4) is 0 Å². The molecule has 184 valence electrons. The van der Waals surface area contributed by atoms with Crippen LogP contribution in [0.2, 0.25) is 5.02 Å². The number of carbonyl (C=O) groups excluding carboxylic acids is 3. The van der Waals surface area contributed by atoms with Gasteiger partial charge in [0, 0.05) is 42.7 Å². The first-order valence-corrected chi connectivity index (χ1v) is 12.5. The monoisotopic (exact) mass is 496 g/mol. The Hall–Kier alpha value is -2.97. The van der Waals surface area contributed by atoms with Crippen LogP contribution < -0.4 is 5.32 Å². The number of hydrogen-bond donors (Lipinski definition) is 1. The smallest absolute Gasteiger partial charge is 0.325 e. The number of likely N-dealkylation sites (tertiary alicyclic amines) is 1. The van der Waals surface area contributed by atoms with Crippen LogP contribution in [0.3, 0.4) is 0 Å². The molecule has 0 bridgehead atoms. The largest absolute Gasteiger partial charge is 0.376 e. The van der Waals surface area contributed by atoms with Gasteiger partial charge in [-0.1, -0.05) is 35.9 Å². The first kappa shape index (κ1) is 23.8. The van der Waals surface area contributed by atoms with E-state index in [1.54, 1.807) is 24.5 Å². The van der Waals surface area contributed by atoms with E-state index in [1.807, 2.05) is 29.2 Å². The van der Waals surface area contributed by atoms with Gasteiger partial charge in [-0.3, -0.25) is 19.5 Å². The first-order valence-electron chi connectivity index (χ1n) is 12.2. The Labute approximate surface area is 209 Å². The van der Waals surface area contributed by atoms with Crippen LogP contribution >= 0.6 is 11.6 Å². The fourth-order valence-electron chi connectivity index (χ4n) is 5.53. The number of rotatable bonds is 6. The van der Waals surface area contributed by atoms with Crippen LogP contribution in [0, 0.1) is 5.92 Å². The Morgan fingerprint density at radius 3 is 2.63 bits per heavy atom. The molecule has 3 saturated heterocycles. The van der Waals surface area contributed by atoms with Crippen molar-refractivity contribution in [1.29, 1.82) is 0 Å². The van der Waals surface area contributed by atoms with E-state index in [1.165, 1.54) is 4.90 Å². The molecular weight excluding hydrogens is 468 g/mol. The molecule has 0 unspecified atom stereocenters. The quantitative estimate of drug-likeness (QED) is 0.620. The Kier molecular flexibility index (Phi) is 6.75. The third-order valence-electron chi connectivity index (χ3n) is 7.42. The number of amides is 4. The molecule has 0 radical (unpaired) electrons. The summed E-state index contributed by atoms with van der Waals surface area (Å²) in [5, 5.41) is 3.62. The molecule has 2 atom stereocenters. The lowest BCUT2D eigenvalue weighted by atomic mass is 9.73. The zero-order chi connectivity index (χ0) is 24.4. The predicted molar refractivity (Wildman–Crippen MR) is 130 cm³/mol. The van der Waals surface area contributed by atoms with Crippen LogP contribution in [0.5, 0.6) is 0 Å². The van der Waals surface area contributed by atoms with Gasteiger partial charge in [-0.05, 0) is 49.3 Å². The van der Waals surface area contributed by atoms with Gasteiger partial charge in [0.05, 0.1) is 19.1 Å². The molecule has 2 aromatic rings. The second kappa shape index (κ2) is 9.95. The Balaban J connectivity index is 1.34. The number of piperidine rings is 1. The van der Waals surface area contributed by atoms with Gasteiger partial charge >= 0.3 is 6.03 Å². The average molecular weight is 497 g/mol. The predicted octanol–water partition coefficient (Wildman–Crippen LogP) is 3.14. The van der Waals surface area contributed by atoms with Crippen LogP contribution in [-0.4, -0.2) is 65.0 Å². The molecule has 0 spiro atoms. The van der Waals surface area contributed by atoms with Crippen LogP contribution in [-0.2, 0) is 26.3 Å². The molecule has 3 aliphatic heterocycles. The Morgan fingerprint density at radius 1 is 1.14 bits per heavy atom. The van der Waals surface area contributed by atoms with E-state index in [0.29, 0.717) is 43.1 Å². The van der Waals surface area contributed by atoms with Gasteiger partial charge in [-0.15, -0.1) is 0 Å². The van der Waals surface area contributed by atoms with Gasteiger partial charge < -0.3 is 15.0 Å². The van der Waals surface area contributed by atoms with E-state index in [9.17, 15) is 14.4 Å². The van der Waals surface area contributed by atoms with Crippen molar-refractivity contribution in [3.63, 3.8) is 0 Å². The highest BCUT2D eigenvalue weighted by Crippen LogP contribution is 2.41. The average Bonchev–Trinajstić information content (AvgIpc) is 3.49. The highest BCUT2D eigenvalue weighted by Gasteiger charge is 2.57. The minimum absolute atomic E-state index is 0.00812. The minimum atomic E-state index is -1.19. The molecule has 1 aromatic heterocycles. The van der Waals surface area contributed by atoms with Crippen molar-refractivity contribution < 1.29 is 19.1 Å². The summed E-state index contributed by atoms with van der Waals surface area (Å²) in [5.74, 6) is -0.414. The number of pyridine rings is 1. The van der Waals surface area contributed by atoms with Gasteiger partial charge in [0.1, 0.15) is 0 Å². The van der Waals surface area contributed by atoms with E-state index in [-0.39, 0.29) is 36.8 Å². The lowest BCUT2D eigenvalue weighted by molar-refractivity contribution is -0.137. The molecule has 35 heavy (non-hydrogen) atoms. The van der Waals surface area contributed by atoms with Crippen molar-refractivity contribution in [2.45, 2.75) is 43.7 Å². The summed E-state index contributed by atoms with van der Waals surface area (Å²) in [5.41, 5.74) is 0.284. The molecule has 0 aliphatic carbocycles. The molecule has 4 amide bonds. The van der Waals surface area contributed by atoms with E-state index in [4.69, 9.17) is 16.3 Å². The van der Waals surface area contributed by atoms with E-state index < -0.39 is 11.6 Å².